The second kappa shape index (κ2) is 13.4. The number of rotatable bonds is 14. The fourth-order valence-electron chi connectivity index (χ4n) is 3.58. The van der Waals surface area contributed by atoms with Crippen LogP contribution < -0.4 is 5.32 Å². The molecule has 0 aromatic heterocycles. The Kier molecular flexibility index (Phi) is 10.5. The summed E-state index contributed by atoms with van der Waals surface area (Å²) in [6.07, 6.45) is 7.04. The lowest BCUT2D eigenvalue weighted by molar-refractivity contribution is -0.118. The molecule has 0 radical (unpaired) electrons. The quantitative estimate of drug-likeness (QED) is 0.293. The van der Waals surface area contributed by atoms with Crippen LogP contribution in [0.5, 0.6) is 0 Å². The summed E-state index contributed by atoms with van der Waals surface area (Å²) in [5.74, 6) is -0.0555. The van der Waals surface area contributed by atoms with Gasteiger partial charge in [-0.2, -0.15) is 0 Å². The number of amides is 1. The van der Waals surface area contributed by atoms with Crippen molar-refractivity contribution in [2.24, 2.45) is 0 Å². The van der Waals surface area contributed by atoms with Gasteiger partial charge in [-0.25, -0.2) is 0 Å². The zero-order chi connectivity index (χ0) is 23.3. The van der Waals surface area contributed by atoms with Gasteiger partial charge in [-0.1, -0.05) is 43.9 Å². The topological polar surface area (TPSA) is 80.3 Å². The van der Waals surface area contributed by atoms with Gasteiger partial charge in [-0.05, 0) is 62.6 Å². The summed E-state index contributed by atoms with van der Waals surface area (Å²) in [5, 5.41) is 2.89. The minimum atomic E-state index is -0.112. The van der Waals surface area contributed by atoms with E-state index in [9.17, 15) is 19.2 Å². The third-order valence-corrected chi connectivity index (χ3v) is 5.37. The molecule has 0 saturated heterocycles. The number of nitrogens with one attached hydrogen (secondary N) is 1. The molecule has 0 atom stereocenters. The summed E-state index contributed by atoms with van der Waals surface area (Å²) >= 11 is 0. The summed E-state index contributed by atoms with van der Waals surface area (Å²) < 4.78 is 0. The first-order valence-electron chi connectivity index (χ1n) is 11.4. The van der Waals surface area contributed by atoms with Crippen LogP contribution in [0.3, 0.4) is 0 Å². The van der Waals surface area contributed by atoms with Crippen molar-refractivity contribution in [3.8, 4) is 0 Å². The summed E-state index contributed by atoms with van der Waals surface area (Å²) in [5.41, 5.74) is 2.49. The van der Waals surface area contributed by atoms with Crippen LogP contribution in [0, 0.1) is 0 Å². The van der Waals surface area contributed by atoms with Crippen molar-refractivity contribution in [2.45, 2.75) is 71.6 Å². The molecule has 0 unspecified atom stereocenters. The Labute approximate surface area is 190 Å². The molecule has 0 aliphatic carbocycles. The van der Waals surface area contributed by atoms with Gasteiger partial charge < -0.3 is 5.32 Å². The molecule has 0 aliphatic heterocycles. The van der Waals surface area contributed by atoms with Crippen LogP contribution in [0.4, 0.5) is 5.69 Å². The van der Waals surface area contributed by atoms with E-state index in [0.717, 1.165) is 49.8 Å². The second-order valence-electron chi connectivity index (χ2n) is 8.28. The molecule has 2 rings (SSSR count). The van der Waals surface area contributed by atoms with E-state index in [-0.39, 0.29) is 29.7 Å². The minimum Gasteiger partial charge on any atom is -0.326 e. The van der Waals surface area contributed by atoms with Gasteiger partial charge in [0.1, 0.15) is 5.78 Å². The Morgan fingerprint density at radius 2 is 1.22 bits per heavy atom. The molecule has 170 valence electrons. The Balaban J connectivity index is 1.59. The zero-order valence-corrected chi connectivity index (χ0v) is 19.1. The second-order valence-corrected chi connectivity index (χ2v) is 8.28. The Hall–Kier alpha value is -3.08. The highest BCUT2D eigenvalue weighted by atomic mass is 16.2. The van der Waals surface area contributed by atoms with E-state index in [4.69, 9.17) is 0 Å². The van der Waals surface area contributed by atoms with E-state index < -0.39 is 0 Å². The number of ketones is 3. The molecule has 32 heavy (non-hydrogen) atoms. The van der Waals surface area contributed by atoms with Crippen LogP contribution in [0.2, 0.25) is 0 Å². The smallest absolute Gasteiger partial charge is 0.224 e. The molecule has 0 saturated carbocycles. The predicted molar refractivity (Wildman–Crippen MR) is 127 cm³/mol. The van der Waals surface area contributed by atoms with Gasteiger partial charge >= 0.3 is 0 Å². The SMILES string of the molecule is CC(=O)c1cc(CC(=O)CCCCCCCCC(=O)Nc2ccccc2)cc(C(C)=O)c1. The van der Waals surface area contributed by atoms with E-state index >= 15 is 0 Å². The number of Topliss-reactive ketones (excluding diaryl/α,β-unsaturated/α-hetero) is 3. The fourth-order valence-corrected chi connectivity index (χ4v) is 3.58. The van der Waals surface area contributed by atoms with Crippen molar-refractivity contribution >= 4 is 28.9 Å². The molecule has 2 aromatic carbocycles. The van der Waals surface area contributed by atoms with Crippen LogP contribution in [0.1, 0.15) is 91.5 Å². The number of carbonyl (C=O) groups is 4. The van der Waals surface area contributed by atoms with Crippen molar-refractivity contribution in [1.29, 1.82) is 0 Å². The van der Waals surface area contributed by atoms with Crippen LogP contribution in [-0.2, 0) is 16.0 Å². The number of hydrogen-bond acceptors (Lipinski definition) is 4. The third-order valence-electron chi connectivity index (χ3n) is 5.37. The van der Waals surface area contributed by atoms with Gasteiger partial charge in [-0.15, -0.1) is 0 Å². The lowest BCUT2D eigenvalue weighted by Gasteiger charge is -2.07. The van der Waals surface area contributed by atoms with Gasteiger partial charge in [0.2, 0.25) is 5.91 Å². The average molecular weight is 436 g/mol. The van der Waals surface area contributed by atoms with Gasteiger partial charge in [0.05, 0.1) is 0 Å². The average Bonchev–Trinajstić information content (AvgIpc) is 2.76. The molecular weight excluding hydrogens is 402 g/mol. The van der Waals surface area contributed by atoms with E-state index in [1.807, 2.05) is 30.3 Å². The number of para-hydroxylation sites is 1. The highest BCUT2D eigenvalue weighted by Crippen LogP contribution is 2.15. The summed E-state index contributed by atoms with van der Waals surface area (Å²) in [6.45, 7) is 2.92. The number of benzene rings is 2. The summed E-state index contributed by atoms with van der Waals surface area (Å²) in [7, 11) is 0. The Morgan fingerprint density at radius 3 is 1.78 bits per heavy atom. The summed E-state index contributed by atoms with van der Waals surface area (Å²) in [4.78, 5) is 47.6. The molecule has 0 aliphatic rings. The molecule has 5 nitrogen and oxygen atoms in total. The van der Waals surface area contributed by atoms with Crippen molar-refractivity contribution < 1.29 is 19.2 Å². The maximum Gasteiger partial charge on any atom is 0.224 e. The standard InChI is InChI=1S/C27H33NO4/c1-20(29)23-16-22(17-24(19-23)21(2)30)18-26(31)14-10-5-3-4-6-11-15-27(32)28-25-12-8-7-9-13-25/h7-9,12-13,16-17,19H,3-6,10-11,14-15,18H2,1-2H3,(H,28,32). The maximum absolute atomic E-state index is 12.3. The molecule has 1 amide bonds. The maximum atomic E-state index is 12.3. The van der Waals surface area contributed by atoms with Crippen LogP contribution in [0.25, 0.3) is 0 Å². The largest absolute Gasteiger partial charge is 0.326 e. The number of carbonyl (C=O) groups excluding carboxylic acids is 4. The first-order chi connectivity index (χ1) is 15.3. The first-order valence-corrected chi connectivity index (χ1v) is 11.4. The summed E-state index contributed by atoms with van der Waals surface area (Å²) in [6, 6.07) is 14.5. The molecule has 0 heterocycles. The molecule has 2 aromatic rings. The van der Waals surface area contributed by atoms with Crippen molar-refractivity contribution in [2.75, 3.05) is 5.32 Å². The Bertz CT molecular complexity index is 902. The number of anilines is 1. The van der Waals surface area contributed by atoms with E-state index in [0.29, 0.717) is 24.0 Å². The molecule has 0 fully saturated rings. The number of hydrogen-bond donors (Lipinski definition) is 1. The van der Waals surface area contributed by atoms with Gasteiger partial charge in [0, 0.05) is 36.1 Å². The number of unbranched alkanes of at least 4 members (excludes halogenated alkanes) is 5. The zero-order valence-electron chi connectivity index (χ0n) is 19.1. The monoisotopic (exact) mass is 435 g/mol. The van der Waals surface area contributed by atoms with Crippen molar-refractivity contribution in [3.05, 3.63) is 65.2 Å². The van der Waals surface area contributed by atoms with Gasteiger partial charge in [0.25, 0.3) is 0 Å². The minimum absolute atomic E-state index is 0.0450. The van der Waals surface area contributed by atoms with Crippen LogP contribution in [-0.4, -0.2) is 23.3 Å². The fraction of sp³-hybridized carbons (Fsp3) is 0.407. The van der Waals surface area contributed by atoms with Crippen molar-refractivity contribution in [1.82, 2.24) is 0 Å². The third kappa shape index (κ3) is 9.38. The molecule has 5 heteroatoms. The molecule has 0 bridgehead atoms. The van der Waals surface area contributed by atoms with Gasteiger partial charge in [0.15, 0.2) is 11.6 Å². The van der Waals surface area contributed by atoms with E-state index in [2.05, 4.69) is 5.32 Å². The lowest BCUT2D eigenvalue weighted by Crippen LogP contribution is -2.10. The van der Waals surface area contributed by atoms with Crippen LogP contribution >= 0.6 is 0 Å². The highest BCUT2D eigenvalue weighted by molar-refractivity contribution is 6.00. The Morgan fingerprint density at radius 1 is 0.688 bits per heavy atom. The van der Waals surface area contributed by atoms with Crippen molar-refractivity contribution in [3.63, 3.8) is 0 Å². The first kappa shape index (κ1) is 25.2. The molecule has 1 N–H and O–H groups in total. The lowest BCUT2D eigenvalue weighted by atomic mass is 9.97. The van der Waals surface area contributed by atoms with E-state index in [1.54, 1.807) is 18.2 Å². The molecular formula is C27H33NO4. The predicted octanol–water partition coefficient (Wildman–Crippen LogP) is 5.96. The van der Waals surface area contributed by atoms with Gasteiger partial charge in [-0.3, -0.25) is 19.2 Å². The highest BCUT2D eigenvalue weighted by Gasteiger charge is 2.11. The normalized spacial score (nSPS) is 10.6. The van der Waals surface area contributed by atoms with E-state index in [1.165, 1.54) is 13.8 Å². The molecule has 0 spiro atoms. The van der Waals surface area contributed by atoms with Crippen LogP contribution in [0.15, 0.2) is 48.5 Å².